The van der Waals surface area contributed by atoms with Crippen LogP contribution in [0.1, 0.15) is 22.6 Å². The monoisotopic (exact) mass is 727 g/mol. The largest absolute Gasteiger partial charge is 0.454 e. The molecule has 0 saturated heterocycles. The molecule has 1 aliphatic rings. The molecule has 2 nitrogen and oxygen atoms in total. The van der Waals surface area contributed by atoms with Crippen LogP contribution in [0.2, 0.25) is 0 Å². The molecule has 0 radical (unpaired) electrons. The number of fused-ring (bicyclic) bond motifs is 6. The standard InChI is InChI=1S/C55H37NO/c1-2-11-36(12-3-1)50-35-47-25-24-45(33-51(47)49-22-5-4-21-48(49)50)43-19-8-17-41(31-43)39-15-6-13-37(29-39)38-14-7-16-40(30-38)42-18-9-20-44(32-42)46-26-27-53-52(34-46)55-54(57-53)23-10-28-56-55/h1-34,50H,35H2. The molecular weight excluding hydrogens is 691 g/mol. The van der Waals surface area contributed by atoms with Crippen molar-refractivity contribution in [1.82, 2.24) is 4.98 Å². The van der Waals surface area contributed by atoms with Gasteiger partial charge in [0.25, 0.3) is 0 Å². The predicted molar refractivity (Wildman–Crippen MR) is 236 cm³/mol. The zero-order valence-electron chi connectivity index (χ0n) is 31.3. The van der Waals surface area contributed by atoms with Crippen molar-refractivity contribution in [3.05, 3.63) is 223 Å². The Hall–Kier alpha value is -7.29. The van der Waals surface area contributed by atoms with E-state index in [9.17, 15) is 0 Å². The topological polar surface area (TPSA) is 26.0 Å². The van der Waals surface area contributed by atoms with Crippen molar-refractivity contribution >= 4 is 22.1 Å². The van der Waals surface area contributed by atoms with Gasteiger partial charge in [-0.1, -0.05) is 146 Å². The first-order valence-corrected chi connectivity index (χ1v) is 19.7. The van der Waals surface area contributed by atoms with Gasteiger partial charge in [-0.25, -0.2) is 0 Å². The van der Waals surface area contributed by atoms with E-state index in [4.69, 9.17) is 4.42 Å². The molecule has 10 aromatic rings. The normalized spacial score (nSPS) is 13.4. The molecular formula is C55H37NO. The number of rotatable bonds is 6. The van der Waals surface area contributed by atoms with E-state index in [0.717, 1.165) is 39.6 Å². The van der Waals surface area contributed by atoms with Crippen molar-refractivity contribution < 1.29 is 4.42 Å². The van der Waals surface area contributed by atoms with Crippen LogP contribution in [-0.4, -0.2) is 4.98 Å². The third kappa shape index (κ3) is 6.03. The summed E-state index contributed by atoms with van der Waals surface area (Å²) in [6, 6.07) is 72.8. The van der Waals surface area contributed by atoms with Crippen molar-refractivity contribution in [3.8, 4) is 66.8 Å². The minimum Gasteiger partial charge on any atom is -0.454 e. The Bertz CT molecular complexity index is 3120. The number of aromatic nitrogens is 1. The highest BCUT2D eigenvalue weighted by molar-refractivity contribution is 6.04. The van der Waals surface area contributed by atoms with Crippen LogP contribution in [-0.2, 0) is 6.42 Å². The van der Waals surface area contributed by atoms with E-state index in [1.54, 1.807) is 0 Å². The average Bonchev–Trinajstić information content (AvgIpc) is 3.67. The molecule has 57 heavy (non-hydrogen) atoms. The Balaban J connectivity index is 0.888. The Morgan fingerprint density at radius 2 is 0.912 bits per heavy atom. The minimum atomic E-state index is 0.366. The summed E-state index contributed by atoms with van der Waals surface area (Å²) >= 11 is 0. The van der Waals surface area contributed by atoms with Crippen LogP contribution < -0.4 is 0 Å². The van der Waals surface area contributed by atoms with Crippen LogP contribution in [0.3, 0.4) is 0 Å². The van der Waals surface area contributed by atoms with Crippen LogP contribution >= 0.6 is 0 Å². The molecule has 0 amide bonds. The molecule has 2 heterocycles. The lowest BCUT2D eigenvalue weighted by Gasteiger charge is -2.29. The summed E-state index contributed by atoms with van der Waals surface area (Å²) in [4.78, 5) is 4.59. The van der Waals surface area contributed by atoms with Gasteiger partial charge in [0.1, 0.15) is 11.1 Å². The Labute approximate surface area is 332 Å². The van der Waals surface area contributed by atoms with Gasteiger partial charge in [0, 0.05) is 17.5 Å². The second-order valence-corrected chi connectivity index (χ2v) is 15.1. The van der Waals surface area contributed by atoms with E-state index in [2.05, 4.69) is 193 Å². The van der Waals surface area contributed by atoms with Crippen molar-refractivity contribution in [2.75, 3.05) is 0 Å². The number of hydrogen-bond donors (Lipinski definition) is 0. The van der Waals surface area contributed by atoms with Gasteiger partial charge in [-0.05, 0) is 144 Å². The first-order chi connectivity index (χ1) is 28.2. The fourth-order valence-corrected chi connectivity index (χ4v) is 8.83. The zero-order valence-corrected chi connectivity index (χ0v) is 31.3. The lowest BCUT2D eigenvalue weighted by Crippen LogP contribution is -2.12. The minimum absolute atomic E-state index is 0.366. The fraction of sp³-hybridized carbons (Fsp3) is 0.0364. The van der Waals surface area contributed by atoms with Crippen LogP contribution in [0, 0.1) is 0 Å². The third-order valence-corrected chi connectivity index (χ3v) is 11.7. The average molecular weight is 728 g/mol. The molecule has 2 heteroatoms. The van der Waals surface area contributed by atoms with Crippen LogP contribution in [0.25, 0.3) is 88.8 Å². The molecule has 268 valence electrons. The summed E-state index contributed by atoms with van der Waals surface area (Å²) in [5, 5.41) is 1.03. The van der Waals surface area contributed by atoms with Gasteiger partial charge < -0.3 is 4.42 Å². The zero-order chi connectivity index (χ0) is 37.7. The van der Waals surface area contributed by atoms with E-state index in [-0.39, 0.29) is 0 Å². The highest BCUT2D eigenvalue weighted by Gasteiger charge is 2.26. The van der Waals surface area contributed by atoms with E-state index in [1.807, 2.05) is 18.3 Å². The SMILES string of the molecule is c1ccc(C2Cc3ccc(-c4cccc(-c5cccc(-c6cccc(-c7cccc(-c8ccc9oc%10cccnc%10c9c8)c7)c6)c5)c4)cc3-c3ccccc32)cc1. The molecule has 0 N–H and O–H groups in total. The van der Waals surface area contributed by atoms with Crippen LogP contribution in [0.4, 0.5) is 0 Å². The van der Waals surface area contributed by atoms with Gasteiger partial charge >= 0.3 is 0 Å². The van der Waals surface area contributed by atoms with Gasteiger partial charge in [-0.2, -0.15) is 0 Å². The molecule has 2 aromatic heterocycles. The lowest BCUT2D eigenvalue weighted by atomic mass is 9.75. The van der Waals surface area contributed by atoms with Gasteiger partial charge in [-0.15, -0.1) is 0 Å². The molecule has 0 fully saturated rings. The molecule has 1 unspecified atom stereocenters. The molecule has 0 saturated carbocycles. The Morgan fingerprint density at radius 3 is 1.53 bits per heavy atom. The second-order valence-electron chi connectivity index (χ2n) is 15.1. The predicted octanol–water partition coefficient (Wildman–Crippen LogP) is 14.7. The van der Waals surface area contributed by atoms with E-state index < -0.39 is 0 Å². The number of hydrogen-bond acceptors (Lipinski definition) is 2. The maximum atomic E-state index is 6.04. The maximum absolute atomic E-state index is 6.04. The fourth-order valence-electron chi connectivity index (χ4n) is 8.83. The molecule has 11 rings (SSSR count). The van der Waals surface area contributed by atoms with E-state index in [0.29, 0.717) is 5.92 Å². The van der Waals surface area contributed by atoms with E-state index in [1.165, 1.54) is 72.3 Å². The number of pyridine rings is 1. The van der Waals surface area contributed by atoms with Crippen molar-refractivity contribution in [2.45, 2.75) is 12.3 Å². The molecule has 8 aromatic carbocycles. The van der Waals surface area contributed by atoms with Gasteiger partial charge in [0.05, 0.1) is 0 Å². The summed E-state index contributed by atoms with van der Waals surface area (Å²) < 4.78 is 6.04. The summed E-state index contributed by atoms with van der Waals surface area (Å²) in [6.45, 7) is 0. The molecule has 0 bridgehead atoms. The first-order valence-electron chi connectivity index (χ1n) is 19.7. The molecule has 1 aliphatic carbocycles. The van der Waals surface area contributed by atoms with E-state index >= 15 is 0 Å². The van der Waals surface area contributed by atoms with Gasteiger partial charge in [-0.3, -0.25) is 4.98 Å². The number of nitrogens with zero attached hydrogens (tertiary/aromatic N) is 1. The Kier molecular flexibility index (Phi) is 8.00. The Morgan fingerprint density at radius 1 is 0.386 bits per heavy atom. The number of furan rings is 1. The van der Waals surface area contributed by atoms with Crippen molar-refractivity contribution in [1.29, 1.82) is 0 Å². The van der Waals surface area contributed by atoms with Gasteiger partial charge in [0.2, 0.25) is 0 Å². The quantitative estimate of drug-likeness (QED) is 0.170. The lowest BCUT2D eigenvalue weighted by molar-refractivity contribution is 0.668. The van der Waals surface area contributed by atoms with Crippen molar-refractivity contribution in [3.63, 3.8) is 0 Å². The maximum Gasteiger partial charge on any atom is 0.153 e. The summed E-state index contributed by atoms with van der Waals surface area (Å²) in [7, 11) is 0. The second kappa shape index (κ2) is 13.8. The smallest absolute Gasteiger partial charge is 0.153 e. The van der Waals surface area contributed by atoms with Gasteiger partial charge in [0.15, 0.2) is 5.58 Å². The van der Waals surface area contributed by atoms with Crippen LogP contribution in [0.5, 0.6) is 0 Å². The molecule has 1 atom stereocenters. The summed E-state index contributed by atoms with van der Waals surface area (Å²) in [6.07, 6.45) is 2.83. The van der Waals surface area contributed by atoms with Crippen molar-refractivity contribution in [2.24, 2.45) is 0 Å². The molecule has 0 aliphatic heterocycles. The summed E-state index contributed by atoms with van der Waals surface area (Å²) in [5.41, 5.74) is 21.4. The highest BCUT2D eigenvalue weighted by Crippen LogP contribution is 2.44. The summed E-state index contributed by atoms with van der Waals surface area (Å²) in [5.74, 6) is 0.366. The third-order valence-electron chi connectivity index (χ3n) is 11.7. The first kappa shape index (κ1) is 33.1. The molecule has 0 spiro atoms. The van der Waals surface area contributed by atoms with Crippen LogP contribution in [0.15, 0.2) is 211 Å². The highest BCUT2D eigenvalue weighted by atomic mass is 16.3. The number of benzene rings is 8.